The van der Waals surface area contributed by atoms with Crippen LogP contribution in [0.25, 0.3) is 0 Å². The second-order valence-electron chi connectivity index (χ2n) is 5.32. The Morgan fingerprint density at radius 3 is 2.64 bits per heavy atom. The van der Waals surface area contributed by atoms with Gasteiger partial charge in [-0.2, -0.15) is 0 Å². The summed E-state index contributed by atoms with van der Waals surface area (Å²) in [7, 11) is 0. The van der Waals surface area contributed by atoms with Gasteiger partial charge in [0.1, 0.15) is 0 Å². The van der Waals surface area contributed by atoms with Gasteiger partial charge in [-0.1, -0.05) is 50.1 Å². The molecule has 0 aromatic heterocycles. The fourth-order valence-corrected chi connectivity index (χ4v) is 2.45. The molecule has 0 aliphatic carbocycles. The Hall–Kier alpha value is -2.30. The van der Waals surface area contributed by atoms with E-state index in [0.29, 0.717) is 17.9 Å². The zero-order valence-electron chi connectivity index (χ0n) is 13.0. The summed E-state index contributed by atoms with van der Waals surface area (Å²) in [4.78, 5) is 24.1. The van der Waals surface area contributed by atoms with E-state index in [2.05, 4.69) is 17.6 Å². The number of carbonyl (C=O) groups excluding carboxylic acids is 2. The van der Waals surface area contributed by atoms with Crippen LogP contribution in [-0.4, -0.2) is 18.6 Å². The largest absolute Gasteiger partial charge is 0.462 e. The molecule has 0 bridgehead atoms. The van der Waals surface area contributed by atoms with Gasteiger partial charge < -0.3 is 15.4 Å². The number of ether oxygens (including phenoxy) is 1. The van der Waals surface area contributed by atoms with Gasteiger partial charge in [-0.3, -0.25) is 0 Å². The van der Waals surface area contributed by atoms with Crippen LogP contribution < -0.4 is 10.6 Å². The number of hydrogen-bond acceptors (Lipinski definition) is 3. The van der Waals surface area contributed by atoms with Crippen molar-refractivity contribution in [1.82, 2.24) is 10.6 Å². The van der Waals surface area contributed by atoms with Crippen LogP contribution in [0, 0.1) is 0 Å². The lowest BCUT2D eigenvalue weighted by molar-refractivity contribution is -0.139. The van der Waals surface area contributed by atoms with Gasteiger partial charge >= 0.3 is 12.0 Å². The Labute approximate surface area is 130 Å². The quantitative estimate of drug-likeness (QED) is 0.627. The lowest BCUT2D eigenvalue weighted by atomic mass is 9.96. The van der Waals surface area contributed by atoms with Crippen LogP contribution in [0.2, 0.25) is 0 Å². The summed E-state index contributed by atoms with van der Waals surface area (Å²) in [5, 5.41) is 5.43. The monoisotopic (exact) mass is 302 g/mol. The molecule has 0 unspecified atom stereocenters. The van der Waals surface area contributed by atoms with Crippen molar-refractivity contribution in [3.8, 4) is 0 Å². The molecule has 1 aromatic rings. The Morgan fingerprint density at radius 2 is 1.95 bits per heavy atom. The molecule has 0 saturated carbocycles. The molecule has 0 spiro atoms. The number of urea groups is 1. The fraction of sp³-hybridized carbons (Fsp3) is 0.412. The number of benzene rings is 1. The van der Waals surface area contributed by atoms with Crippen molar-refractivity contribution in [2.75, 3.05) is 6.61 Å². The van der Waals surface area contributed by atoms with E-state index in [-0.39, 0.29) is 12.0 Å². The third kappa shape index (κ3) is 3.87. The Kier molecular flexibility index (Phi) is 5.58. The normalized spacial score (nSPS) is 17.7. The van der Waals surface area contributed by atoms with E-state index < -0.39 is 6.04 Å². The third-order valence-corrected chi connectivity index (χ3v) is 3.60. The Bertz CT molecular complexity index is 567. The summed E-state index contributed by atoms with van der Waals surface area (Å²) < 4.78 is 5.35. The van der Waals surface area contributed by atoms with E-state index in [0.717, 1.165) is 24.8 Å². The second-order valence-corrected chi connectivity index (χ2v) is 5.32. The lowest BCUT2D eigenvalue weighted by Gasteiger charge is -2.28. The molecule has 1 aliphatic rings. The lowest BCUT2D eigenvalue weighted by Crippen LogP contribution is -2.45. The predicted octanol–water partition coefficient (Wildman–Crippen LogP) is 3.05. The predicted molar refractivity (Wildman–Crippen MR) is 84.0 cm³/mol. The van der Waals surface area contributed by atoms with E-state index in [1.54, 1.807) is 6.92 Å². The van der Waals surface area contributed by atoms with Gasteiger partial charge in [0.25, 0.3) is 0 Å². The standard InChI is InChI=1S/C17H22N2O3/c1-3-4-8-11-22-16(20)14-12(2)18-17(21)19-15(14)13-9-6-5-7-10-13/h5-7,9-10,15H,3-4,8,11H2,1-2H3,(H2,18,19,21)/t15-/m0/s1. The molecular weight excluding hydrogens is 280 g/mol. The summed E-state index contributed by atoms with van der Waals surface area (Å²) in [5.41, 5.74) is 1.86. The van der Waals surface area contributed by atoms with Crippen molar-refractivity contribution in [2.24, 2.45) is 0 Å². The number of esters is 1. The van der Waals surface area contributed by atoms with Crippen molar-refractivity contribution in [1.29, 1.82) is 0 Å². The first-order chi connectivity index (χ1) is 10.6. The van der Waals surface area contributed by atoms with Crippen molar-refractivity contribution in [2.45, 2.75) is 39.2 Å². The molecule has 2 rings (SSSR count). The van der Waals surface area contributed by atoms with Gasteiger partial charge in [0, 0.05) is 5.70 Å². The van der Waals surface area contributed by atoms with Crippen LogP contribution in [0.15, 0.2) is 41.6 Å². The first-order valence-electron chi connectivity index (χ1n) is 7.63. The second kappa shape index (κ2) is 7.64. The zero-order chi connectivity index (χ0) is 15.9. The molecule has 1 aromatic carbocycles. The number of nitrogens with one attached hydrogen (secondary N) is 2. The van der Waals surface area contributed by atoms with E-state index in [1.165, 1.54) is 0 Å². The van der Waals surface area contributed by atoms with Crippen molar-refractivity contribution < 1.29 is 14.3 Å². The number of carbonyl (C=O) groups is 2. The fourth-order valence-electron chi connectivity index (χ4n) is 2.45. The molecular formula is C17H22N2O3. The SMILES string of the molecule is CCCCCOC(=O)C1=C(C)NC(=O)N[C@H]1c1ccccc1. The van der Waals surface area contributed by atoms with Crippen molar-refractivity contribution in [3.63, 3.8) is 0 Å². The number of amides is 2. The van der Waals surface area contributed by atoms with Crippen LogP contribution in [-0.2, 0) is 9.53 Å². The highest BCUT2D eigenvalue weighted by Crippen LogP contribution is 2.27. The van der Waals surface area contributed by atoms with Crippen LogP contribution in [0.1, 0.15) is 44.7 Å². The van der Waals surface area contributed by atoms with Gasteiger partial charge in [0.05, 0.1) is 18.2 Å². The average molecular weight is 302 g/mol. The summed E-state index contributed by atoms with van der Waals surface area (Å²) >= 11 is 0. The summed E-state index contributed by atoms with van der Waals surface area (Å²) in [6.45, 7) is 4.22. The molecule has 118 valence electrons. The van der Waals surface area contributed by atoms with Crippen LogP contribution in [0.5, 0.6) is 0 Å². The van der Waals surface area contributed by atoms with E-state index in [4.69, 9.17) is 4.74 Å². The average Bonchev–Trinajstić information content (AvgIpc) is 2.51. The Balaban J connectivity index is 2.18. The van der Waals surface area contributed by atoms with Crippen LogP contribution >= 0.6 is 0 Å². The smallest absolute Gasteiger partial charge is 0.338 e. The molecule has 0 radical (unpaired) electrons. The van der Waals surface area contributed by atoms with Gasteiger partial charge in [0.15, 0.2) is 0 Å². The zero-order valence-corrected chi connectivity index (χ0v) is 13.0. The van der Waals surface area contributed by atoms with E-state index in [9.17, 15) is 9.59 Å². The maximum atomic E-state index is 12.4. The van der Waals surface area contributed by atoms with Gasteiger partial charge in [0.2, 0.25) is 0 Å². The summed E-state index contributed by atoms with van der Waals surface area (Å²) in [5.74, 6) is -0.380. The molecule has 1 heterocycles. The van der Waals surface area contributed by atoms with Gasteiger partial charge in [-0.25, -0.2) is 9.59 Å². The minimum Gasteiger partial charge on any atom is -0.462 e. The highest BCUT2D eigenvalue weighted by molar-refractivity contribution is 5.95. The Morgan fingerprint density at radius 1 is 1.23 bits per heavy atom. The third-order valence-electron chi connectivity index (χ3n) is 3.60. The minimum absolute atomic E-state index is 0.311. The highest BCUT2D eigenvalue weighted by Gasteiger charge is 2.31. The molecule has 0 fully saturated rings. The number of unbranched alkanes of at least 4 members (excludes halogenated alkanes) is 2. The first kappa shape index (κ1) is 16.1. The number of hydrogen-bond donors (Lipinski definition) is 2. The minimum atomic E-state index is -0.478. The molecule has 5 nitrogen and oxygen atoms in total. The maximum Gasteiger partial charge on any atom is 0.338 e. The van der Waals surface area contributed by atoms with Gasteiger partial charge in [-0.15, -0.1) is 0 Å². The van der Waals surface area contributed by atoms with E-state index in [1.807, 2.05) is 30.3 Å². The first-order valence-corrected chi connectivity index (χ1v) is 7.63. The van der Waals surface area contributed by atoms with Gasteiger partial charge in [-0.05, 0) is 18.9 Å². The number of rotatable bonds is 6. The summed E-state index contributed by atoms with van der Waals surface area (Å²) in [6.07, 6.45) is 2.95. The molecule has 0 saturated heterocycles. The molecule has 2 amide bonds. The van der Waals surface area contributed by atoms with Crippen LogP contribution in [0.4, 0.5) is 4.79 Å². The highest BCUT2D eigenvalue weighted by atomic mass is 16.5. The summed E-state index contributed by atoms with van der Waals surface area (Å²) in [6, 6.07) is 8.63. The molecule has 2 N–H and O–H groups in total. The topological polar surface area (TPSA) is 67.4 Å². The molecule has 22 heavy (non-hydrogen) atoms. The maximum absolute atomic E-state index is 12.4. The molecule has 1 atom stereocenters. The van der Waals surface area contributed by atoms with Crippen LogP contribution in [0.3, 0.4) is 0 Å². The molecule has 1 aliphatic heterocycles. The van der Waals surface area contributed by atoms with E-state index >= 15 is 0 Å². The molecule has 5 heteroatoms. The van der Waals surface area contributed by atoms with Crippen molar-refractivity contribution in [3.05, 3.63) is 47.2 Å². The van der Waals surface area contributed by atoms with Crippen molar-refractivity contribution >= 4 is 12.0 Å². The number of allylic oxidation sites excluding steroid dienone is 1.